The molecule has 0 aliphatic carbocycles. The first-order valence-electron chi connectivity index (χ1n) is 6.63. The molecule has 1 aliphatic heterocycles. The topological polar surface area (TPSA) is 109 Å². The molecule has 1 aromatic rings. The van der Waals surface area contributed by atoms with Gasteiger partial charge in [0.05, 0.1) is 12.2 Å². The fourth-order valence-electron chi connectivity index (χ4n) is 1.94. The second-order valence-corrected chi connectivity index (χ2v) is 5.39. The molecule has 3 N–H and O–H groups in total. The number of hydrogen-bond acceptors (Lipinski definition) is 5. The molecule has 1 saturated heterocycles. The summed E-state index contributed by atoms with van der Waals surface area (Å²) in [7, 11) is 0. The average Bonchev–Trinajstić information content (AvgIpc) is 2.74. The molecule has 0 saturated carbocycles. The van der Waals surface area contributed by atoms with Gasteiger partial charge in [-0.2, -0.15) is 0 Å². The molecule has 0 aromatic carbocycles. The fourth-order valence-corrected chi connectivity index (χ4v) is 1.94. The second-order valence-electron chi connectivity index (χ2n) is 5.39. The Hall–Kier alpha value is -1.96. The van der Waals surface area contributed by atoms with E-state index in [9.17, 15) is 9.59 Å². The number of carbonyl (C=O) groups is 2. The highest BCUT2D eigenvalue weighted by Crippen LogP contribution is 2.10. The zero-order chi connectivity index (χ0) is 14.7. The van der Waals surface area contributed by atoms with Crippen LogP contribution in [-0.2, 0) is 4.79 Å². The highest BCUT2D eigenvalue weighted by atomic mass is 16.4. The molecule has 1 aromatic heterocycles. The molecule has 1 amide bonds. The van der Waals surface area contributed by atoms with Crippen molar-refractivity contribution < 1.29 is 14.7 Å². The van der Waals surface area contributed by atoms with E-state index in [1.54, 1.807) is 10.9 Å². The van der Waals surface area contributed by atoms with E-state index in [0.29, 0.717) is 6.42 Å². The average molecular weight is 281 g/mol. The molecule has 1 unspecified atom stereocenters. The Bertz CT molecular complexity index is 495. The largest absolute Gasteiger partial charge is 0.480 e. The Morgan fingerprint density at radius 3 is 2.75 bits per heavy atom. The molecule has 0 radical (unpaired) electrons. The first kappa shape index (κ1) is 14.4. The van der Waals surface area contributed by atoms with Crippen molar-refractivity contribution >= 4 is 11.9 Å². The van der Waals surface area contributed by atoms with Crippen molar-refractivity contribution in [3.05, 3.63) is 11.9 Å². The first-order chi connectivity index (χ1) is 9.47. The number of rotatable bonds is 6. The molecule has 20 heavy (non-hydrogen) atoms. The molecular weight excluding hydrogens is 262 g/mol. The molecule has 8 nitrogen and oxygen atoms in total. The van der Waals surface area contributed by atoms with Crippen LogP contribution in [0.4, 0.5) is 0 Å². The van der Waals surface area contributed by atoms with Gasteiger partial charge in [0.2, 0.25) is 0 Å². The number of aromatic nitrogens is 3. The third-order valence-electron chi connectivity index (χ3n) is 3.19. The lowest BCUT2D eigenvalue weighted by Crippen LogP contribution is -2.43. The van der Waals surface area contributed by atoms with Crippen molar-refractivity contribution in [2.75, 3.05) is 13.1 Å². The molecule has 0 bridgehead atoms. The van der Waals surface area contributed by atoms with Gasteiger partial charge in [-0.25, -0.2) is 9.48 Å². The Labute approximate surface area is 116 Å². The SMILES string of the molecule is CC(C)CC(NC(=O)c1cn(C2CNC2)nn1)C(=O)O. The minimum atomic E-state index is -1.04. The van der Waals surface area contributed by atoms with E-state index in [2.05, 4.69) is 20.9 Å². The summed E-state index contributed by atoms with van der Waals surface area (Å²) in [5.41, 5.74) is 0.145. The van der Waals surface area contributed by atoms with Crippen molar-refractivity contribution in [2.45, 2.75) is 32.4 Å². The van der Waals surface area contributed by atoms with Crippen molar-refractivity contribution in [1.29, 1.82) is 0 Å². The van der Waals surface area contributed by atoms with E-state index >= 15 is 0 Å². The Balaban J connectivity index is 1.98. The summed E-state index contributed by atoms with van der Waals surface area (Å²) < 4.78 is 1.63. The summed E-state index contributed by atoms with van der Waals surface area (Å²) >= 11 is 0. The second kappa shape index (κ2) is 6.00. The highest BCUT2D eigenvalue weighted by molar-refractivity contribution is 5.94. The Morgan fingerprint density at radius 1 is 1.55 bits per heavy atom. The third-order valence-corrected chi connectivity index (χ3v) is 3.19. The quantitative estimate of drug-likeness (QED) is 0.657. The molecule has 2 rings (SSSR count). The summed E-state index contributed by atoms with van der Waals surface area (Å²) in [5, 5.41) is 22.4. The summed E-state index contributed by atoms with van der Waals surface area (Å²) in [4.78, 5) is 23.1. The van der Waals surface area contributed by atoms with Gasteiger partial charge >= 0.3 is 5.97 Å². The number of nitrogens with one attached hydrogen (secondary N) is 2. The van der Waals surface area contributed by atoms with Crippen molar-refractivity contribution in [2.24, 2.45) is 5.92 Å². The summed E-state index contributed by atoms with van der Waals surface area (Å²) in [6, 6.07) is -0.687. The van der Waals surface area contributed by atoms with Crippen molar-refractivity contribution in [1.82, 2.24) is 25.6 Å². The van der Waals surface area contributed by atoms with Gasteiger partial charge < -0.3 is 15.7 Å². The maximum absolute atomic E-state index is 12.0. The third kappa shape index (κ3) is 3.32. The number of carboxylic acids is 1. The summed E-state index contributed by atoms with van der Waals surface area (Å²) in [5.74, 6) is -1.37. The van der Waals surface area contributed by atoms with E-state index < -0.39 is 17.9 Å². The van der Waals surface area contributed by atoms with E-state index in [-0.39, 0.29) is 17.7 Å². The van der Waals surface area contributed by atoms with Crippen LogP contribution in [0.25, 0.3) is 0 Å². The monoisotopic (exact) mass is 281 g/mol. The van der Waals surface area contributed by atoms with Crippen LogP contribution in [0.15, 0.2) is 6.20 Å². The number of carbonyl (C=O) groups excluding carboxylic acids is 1. The number of carboxylic acid groups (broad SMARTS) is 1. The first-order valence-corrected chi connectivity index (χ1v) is 6.63. The molecule has 2 heterocycles. The van der Waals surface area contributed by atoms with Crippen LogP contribution in [0.2, 0.25) is 0 Å². The molecule has 8 heteroatoms. The zero-order valence-corrected chi connectivity index (χ0v) is 11.5. The van der Waals surface area contributed by atoms with Gasteiger partial charge in [-0.3, -0.25) is 4.79 Å². The van der Waals surface area contributed by atoms with E-state index in [4.69, 9.17) is 5.11 Å². The predicted molar refractivity (Wildman–Crippen MR) is 70.3 cm³/mol. The van der Waals surface area contributed by atoms with Crippen LogP contribution in [0.1, 0.15) is 36.8 Å². The molecule has 1 atom stereocenters. The lowest BCUT2D eigenvalue weighted by atomic mass is 10.0. The number of aliphatic carboxylic acids is 1. The molecule has 1 aliphatic rings. The fraction of sp³-hybridized carbons (Fsp3) is 0.667. The zero-order valence-electron chi connectivity index (χ0n) is 11.5. The minimum absolute atomic E-state index is 0.145. The van der Waals surface area contributed by atoms with Gasteiger partial charge in [-0.05, 0) is 12.3 Å². The Morgan fingerprint density at radius 2 is 2.25 bits per heavy atom. The smallest absolute Gasteiger partial charge is 0.326 e. The van der Waals surface area contributed by atoms with Crippen LogP contribution < -0.4 is 10.6 Å². The van der Waals surface area contributed by atoms with Gasteiger partial charge in [-0.1, -0.05) is 19.1 Å². The minimum Gasteiger partial charge on any atom is -0.480 e. The van der Waals surface area contributed by atoms with Gasteiger partial charge in [0.1, 0.15) is 6.04 Å². The van der Waals surface area contributed by atoms with Gasteiger partial charge in [-0.15, -0.1) is 5.10 Å². The van der Waals surface area contributed by atoms with Gasteiger partial charge in [0.25, 0.3) is 5.91 Å². The number of hydrogen-bond donors (Lipinski definition) is 3. The van der Waals surface area contributed by atoms with Crippen molar-refractivity contribution in [3.63, 3.8) is 0 Å². The van der Waals surface area contributed by atoms with E-state index in [1.165, 1.54) is 0 Å². The van der Waals surface area contributed by atoms with Crippen LogP contribution in [0, 0.1) is 5.92 Å². The highest BCUT2D eigenvalue weighted by Gasteiger charge is 2.25. The molecule has 1 fully saturated rings. The normalized spacial score (nSPS) is 16.8. The van der Waals surface area contributed by atoms with E-state index in [0.717, 1.165) is 13.1 Å². The summed E-state index contributed by atoms with van der Waals surface area (Å²) in [6.07, 6.45) is 1.93. The number of nitrogens with zero attached hydrogens (tertiary/aromatic N) is 3. The lowest BCUT2D eigenvalue weighted by Gasteiger charge is -2.26. The molecule has 110 valence electrons. The van der Waals surface area contributed by atoms with E-state index in [1.807, 2.05) is 13.8 Å². The van der Waals surface area contributed by atoms with Gasteiger partial charge in [0.15, 0.2) is 5.69 Å². The van der Waals surface area contributed by atoms with Crippen LogP contribution in [-0.4, -0.2) is 51.1 Å². The predicted octanol–water partition coefficient (Wildman–Crippen LogP) is -0.348. The maximum Gasteiger partial charge on any atom is 0.326 e. The molecular formula is C12H19N5O3. The van der Waals surface area contributed by atoms with Crippen LogP contribution in [0.3, 0.4) is 0 Å². The molecule has 0 spiro atoms. The van der Waals surface area contributed by atoms with Gasteiger partial charge in [0, 0.05) is 13.1 Å². The standard InChI is InChI=1S/C12H19N5O3/c1-7(2)3-9(12(19)20)14-11(18)10-6-17(16-15-10)8-4-13-5-8/h6-9,13H,3-5H2,1-2H3,(H,14,18)(H,19,20). The maximum atomic E-state index is 12.0. The Kier molecular flexibility index (Phi) is 4.33. The number of amides is 1. The van der Waals surface area contributed by atoms with Crippen molar-refractivity contribution in [3.8, 4) is 0 Å². The van der Waals surface area contributed by atoms with Crippen LogP contribution >= 0.6 is 0 Å². The summed E-state index contributed by atoms with van der Waals surface area (Å²) in [6.45, 7) is 5.41. The lowest BCUT2D eigenvalue weighted by molar-refractivity contribution is -0.139. The van der Waals surface area contributed by atoms with Crippen LogP contribution in [0.5, 0.6) is 0 Å².